The standard InChI is InChI=1S/C22H24N6O3S/c1-5-28-19(16-7-6-12-30-16)25-26-21(28)32-13-17(29)23-15-10-8-14(9-11-15)18-24-20(31-27-18)22(2,3)4/h6-12H,5,13H2,1-4H3,(H,23,29). The van der Waals surface area contributed by atoms with Gasteiger partial charge in [-0.15, -0.1) is 10.2 Å². The summed E-state index contributed by atoms with van der Waals surface area (Å²) in [5, 5.41) is 16.0. The van der Waals surface area contributed by atoms with Crippen LogP contribution in [0.3, 0.4) is 0 Å². The Morgan fingerprint density at radius 1 is 1.16 bits per heavy atom. The van der Waals surface area contributed by atoms with E-state index in [-0.39, 0.29) is 17.1 Å². The van der Waals surface area contributed by atoms with Crippen LogP contribution >= 0.6 is 11.8 Å². The van der Waals surface area contributed by atoms with Gasteiger partial charge in [-0.25, -0.2) is 0 Å². The molecule has 0 fully saturated rings. The highest BCUT2D eigenvalue weighted by molar-refractivity contribution is 7.99. The number of benzene rings is 1. The largest absolute Gasteiger partial charge is 0.461 e. The Morgan fingerprint density at radius 3 is 2.56 bits per heavy atom. The summed E-state index contributed by atoms with van der Waals surface area (Å²) in [6, 6.07) is 11.0. The molecule has 1 amide bonds. The van der Waals surface area contributed by atoms with Gasteiger partial charge in [0.05, 0.1) is 12.0 Å². The van der Waals surface area contributed by atoms with Gasteiger partial charge in [0, 0.05) is 23.2 Å². The van der Waals surface area contributed by atoms with E-state index in [1.54, 1.807) is 12.3 Å². The van der Waals surface area contributed by atoms with Gasteiger partial charge in [0.15, 0.2) is 16.7 Å². The Morgan fingerprint density at radius 2 is 1.94 bits per heavy atom. The van der Waals surface area contributed by atoms with Crippen molar-refractivity contribution < 1.29 is 13.7 Å². The number of furan rings is 1. The first-order valence-corrected chi connectivity index (χ1v) is 11.2. The first kappa shape index (κ1) is 21.8. The third-order valence-corrected chi connectivity index (χ3v) is 5.57. The zero-order valence-electron chi connectivity index (χ0n) is 18.3. The molecule has 3 heterocycles. The van der Waals surface area contributed by atoms with Crippen LogP contribution in [0.5, 0.6) is 0 Å². The summed E-state index contributed by atoms with van der Waals surface area (Å²) in [7, 11) is 0. The predicted octanol–water partition coefficient (Wildman–Crippen LogP) is 4.64. The molecular weight excluding hydrogens is 428 g/mol. The van der Waals surface area contributed by atoms with E-state index in [4.69, 9.17) is 8.94 Å². The molecule has 0 bridgehead atoms. The number of carbonyl (C=O) groups excluding carboxylic acids is 1. The molecule has 0 aliphatic heterocycles. The number of thioether (sulfide) groups is 1. The summed E-state index contributed by atoms with van der Waals surface area (Å²) < 4.78 is 12.7. The van der Waals surface area contributed by atoms with Crippen molar-refractivity contribution in [2.45, 2.75) is 44.8 Å². The summed E-state index contributed by atoms with van der Waals surface area (Å²) in [5.41, 5.74) is 1.29. The second kappa shape index (κ2) is 8.99. The van der Waals surface area contributed by atoms with Crippen LogP contribution < -0.4 is 5.32 Å². The zero-order chi connectivity index (χ0) is 22.7. The second-order valence-electron chi connectivity index (χ2n) is 8.12. The van der Waals surface area contributed by atoms with Crippen molar-refractivity contribution in [3.8, 4) is 23.0 Å². The zero-order valence-corrected chi connectivity index (χ0v) is 19.1. The number of aromatic nitrogens is 5. The molecule has 9 nitrogen and oxygen atoms in total. The van der Waals surface area contributed by atoms with Gasteiger partial charge in [0.2, 0.25) is 17.6 Å². The van der Waals surface area contributed by atoms with Gasteiger partial charge in [-0.3, -0.25) is 9.36 Å². The molecule has 0 unspecified atom stereocenters. The van der Waals surface area contributed by atoms with Crippen molar-refractivity contribution in [2.24, 2.45) is 0 Å². The van der Waals surface area contributed by atoms with E-state index in [9.17, 15) is 4.79 Å². The Balaban J connectivity index is 1.36. The fraction of sp³-hybridized carbons (Fsp3) is 0.318. The van der Waals surface area contributed by atoms with E-state index in [1.165, 1.54) is 11.8 Å². The highest BCUT2D eigenvalue weighted by Crippen LogP contribution is 2.26. The van der Waals surface area contributed by atoms with E-state index in [2.05, 4.69) is 25.7 Å². The highest BCUT2D eigenvalue weighted by atomic mass is 32.2. The molecule has 10 heteroatoms. The molecule has 0 saturated carbocycles. The number of nitrogens with zero attached hydrogens (tertiary/aromatic N) is 5. The fourth-order valence-corrected chi connectivity index (χ4v) is 3.75. The third-order valence-electron chi connectivity index (χ3n) is 4.60. The first-order valence-electron chi connectivity index (χ1n) is 10.2. The maximum Gasteiger partial charge on any atom is 0.234 e. The van der Waals surface area contributed by atoms with Gasteiger partial charge in [0.1, 0.15) is 0 Å². The van der Waals surface area contributed by atoms with Crippen LogP contribution in [0.4, 0.5) is 5.69 Å². The molecule has 1 N–H and O–H groups in total. The molecule has 0 aliphatic carbocycles. The number of carbonyl (C=O) groups is 1. The normalized spacial score (nSPS) is 11.6. The minimum absolute atomic E-state index is 0.137. The number of anilines is 1. The second-order valence-corrected chi connectivity index (χ2v) is 9.06. The van der Waals surface area contributed by atoms with Crippen LogP contribution in [0, 0.1) is 0 Å². The molecule has 0 saturated heterocycles. The Hall–Kier alpha value is -3.40. The topological polar surface area (TPSA) is 112 Å². The summed E-state index contributed by atoms with van der Waals surface area (Å²) in [5.74, 6) is 2.46. The van der Waals surface area contributed by atoms with Gasteiger partial charge in [-0.05, 0) is 43.3 Å². The molecule has 0 spiro atoms. The lowest BCUT2D eigenvalue weighted by molar-refractivity contribution is -0.113. The molecule has 3 aromatic heterocycles. The van der Waals surface area contributed by atoms with Gasteiger partial charge >= 0.3 is 0 Å². The lowest BCUT2D eigenvalue weighted by atomic mass is 9.97. The molecule has 0 atom stereocenters. The van der Waals surface area contributed by atoms with Crippen LogP contribution in [-0.2, 0) is 16.8 Å². The average Bonchev–Trinajstić information content (AvgIpc) is 3.52. The van der Waals surface area contributed by atoms with Gasteiger partial charge in [-0.2, -0.15) is 4.98 Å². The predicted molar refractivity (Wildman–Crippen MR) is 121 cm³/mol. The minimum Gasteiger partial charge on any atom is -0.461 e. The number of amides is 1. The number of rotatable bonds is 7. The Labute approximate surface area is 189 Å². The summed E-state index contributed by atoms with van der Waals surface area (Å²) in [4.78, 5) is 16.9. The Bertz CT molecular complexity index is 1190. The molecule has 166 valence electrons. The van der Waals surface area contributed by atoms with E-state index < -0.39 is 0 Å². The molecule has 32 heavy (non-hydrogen) atoms. The van der Waals surface area contributed by atoms with E-state index in [0.717, 1.165) is 5.56 Å². The number of nitrogens with one attached hydrogen (secondary N) is 1. The van der Waals surface area contributed by atoms with Crippen LogP contribution in [0.2, 0.25) is 0 Å². The van der Waals surface area contributed by atoms with Crippen molar-refractivity contribution in [3.05, 3.63) is 48.6 Å². The fourth-order valence-electron chi connectivity index (χ4n) is 2.94. The van der Waals surface area contributed by atoms with Crippen LogP contribution in [0.1, 0.15) is 33.6 Å². The van der Waals surface area contributed by atoms with Crippen LogP contribution in [0.25, 0.3) is 23.0 Å². The Kier molecular flexibility index (Phi) is 6.13. The van der Waals surface area contributed by atoms with Crippen molar-refractivity contribution >= 4 is 23.4 Å². The first-order chi connectivity index (χ1) is 15.3. The smallest absolute Gasteiger partial charge is 0.234 e. The quantitative estimate of drug-likeness (QED) is 0.404. The summed E-state index contributed by atoms with van der Waals surface area (Å²) in [6.45, 7) is 8.71. The number of hydrogen-bond acceptors (Lipinski definition) is 8. The molecule has 4 rings (SSSR count). The van der Waals surface area contributed by atoms with Crippen molar-refractivity contribution in [1.29, 1.82) is 0 Å². The monoisotopic (exact) mass is 452 g/mol. The van der Waals surface area contributed by atoms with Crippen LogP contribution in [-0.4, -0.2) is 36.6 Å². The third kappa shape index (κ3) is 4.75. The lowest BCUT2D eigenvalue weighted by Crippen LogP contribution is -2.14. The highest BCUT2D eigenvalue weighted by Gasteiger charge is 2.22. The van der Waals surface area contributed by atoms with Crippen LogP contribution in [0.15, 0.2) is 56.8 Å². The average molecular weight is 453 g/mol. The summed E-state index contributed by atoms with van der Waals surface area (Å²) in [6.07, 6.45) is 1.59. The van der Waals surface area contributed by atoms with Crippen molar-refractivity contribution in [2.75, 3.05) is 11.1 Å². The van der Waals surface area contributed by atoms with E-state index in [1.807, 2.05) is 62.6 Å². The molecule has 4 aromatic rings. The maximum atomic E-state index is 12.4. The van der Waals surface area contributed by atoms with E-state index >= 15 is 0 Å². The van der Waals surface area contributed by atoms with Gasteiger partial charge in [-0.1, -0.05) is 37.7 Å². The molecular formula is C22H24N6O3S. The van der Waals surface area contributed by atoms with Gasteiger partial charge in [0.25, 0.3) is 0 Å². The van der Waals surface area contributed by atoms with Crippen molar-refractivity contribution in [3.63, 3.8) is 0 Å². The maximum absolute atomic E-state index is 12.4. The minimum atomic E-state index is -0.211. The molecule has 1 aromatic carbocycles. The summed E-state index contributed by atoms with van der Waals surface area (Å²) >= 11 is 1.33. The van der Waals surface area contributed by atoms with Gasteiger partial charge < -0.3 is 14.3 Å². The lowest BCUT2D eigenvalue weighted by Gasteiger charge is -2.10. The van der Waals surface area contributed by atoms with E-state index in [0.29, 0.717) is 40.7 Å². The SMILES string of the molecule is CCn1c(SCC(=O)Nc2ccc(-c3noc(C(C)(C)C)n3)cc2)nnc1-c1ccco1. The molecule has 0 aliphatic rings. The van der Waals surface area contributed by atoms with Crippen molar-refractivity contribution in [1.82, 2.24) is 24.9 Å². The molecule has 0 radical (unpaired) electrons. The number of hydrogen-bond donors (Lipinski definition) is 1.